The second-order valence-electron chi connectivity index (χ2n) is 3.59. The van der Waals surface area contributed by atoms with E-state index in [-0.39, 0.29) is 6.29 Å². The van der Waals surface area contributed by atoms with Gasteiger partial charge in [0.05, 0.1) is 6.61 Å². The predicted octanol–water partition coefficient (Wildman–Crippen LogP) is -3.41. The summed E-state index contributed by atoms with van der Waals surface area (Å²) < 4.78 is 33.6. The van der Waals surface area contributed by atoms with E-state index in [1.54, 1.807) is 0 Å². The van der Waals surface area contributed by atoms with Crippen LogP contribution in [-0.2, 0) is 24.2 Å². The van der Waals surface area contributed by atoms with E-state index in [1.807, 2.05) is 5.32 Å². The minimum Gasteiger partial charge on any atom is -0.394 e. The zero-order valence-corrected chi connectivity index (χ0v) is 10.6. The minimum atomic E-state index is -5.05. The van der Waals surface area contributed by atoms with E-state index < -0.39 is 47.3 Å². The lowest BCUT2D eigenvalue weighted by Gasteiger charge is -2.28. The van der Waals surface area contributed by atoms with Gasteiger partial charge in [0.25, 0.3) is 0 Å². The van der Waals surface area contributed by atoms with Crippen LogP contribution in [0.15, 0.2) is 0 Å². The van der Waals surface area contributed by atoms with Crippen LogP contribution in [0.5, 0.6) is 0 Å². The van der Waals surface area contributed by atoms with E-state index in [9.17, 15) is 28.2 Å². The summed E-state index contributed by atoms with van der Waals surface area (Å²) in [6, 6.07) is -1.59. The topological polar surface area (TPSA) is 170 Å². The van der Waals surface area contributed by atoms with Gasteiger partial charge in [0.15, 0.2) is 0 Å². The molecule has 0 aromatic rings. The number of aliphatic hydroxyl groups is 3. The maximum atomic E-state index is 10.8. The van der Waals surface area contributed by atoms with Gasteiger partial charge in [-0.3, -0.25) is 9.35 Å². The number of rotatable bonds is 8. The summed E-state index contributed by atoms with van der Waals surface area (Å²) in [5.41, 5.74) is 0. The first kappa shape index (κ1) is 17.9. The number of hydrogen-bond donors (Lipinski definition) is 5. The van der Waals surface area contributed by atoms with Crippen molar-refractivity contribution in [3.8, 4) is 0 Å². The highest BCUT2D eigenvalue weighted by Crippen LogP contribution is 2.11. The minimum absolute atomic E-state index is 0.0799. The maximum absolute atomic E-state index is 10.8. The van der Waals surface area contributed by atoms with Gasteiger partial charge in [-0.15, -0.1) is 0 Å². The van der Waals surface area contributed by atoms with E-state index in [2.05, 4.69) is 4.18 Å². The molecule has 0 spiro atoms. The molecule has 0 unspecified atom stereocenters. The number of hydrogen-bond acceptors (Lipinski definition) is 8. The zero-order chi connectivity index (χ0) is 15.2. The fourth-order valence-corrected chi connectivity index (χ4v) is 1.75. The predicted molar refractivity (Wildman–Crippen MR) is 59.2 cm³/mol. The Bertz CT molecular complexity index is 408. The molecule has 5 N–H and O–H groups in total. The highest BCUT2D eigenvalue weighted by atomic mass is 32.3. The lowest BCUT2D eigenvalue weighted by Crippen LogP contribution is -2.54. The van der Waals surface area contributed by atoms with Gasteiger partial charge < -0.3 is 25.4 Å². The van der Waals surface area contributed by atoms with Crippen molar-refractivity contribution in [3.63, 3.8) is 0 Å². The van der Waals surface area contributed by atoms with Crippen LogP contribution in [-0.4, -0.2) is 71.4 Å². The van der Waals surface area contributed by atoms with Gasteiger partial charge in [0.2, 0.25) is 5.91 Å². The Hall–Kier alpha value is -1.11. The molecule has 19 heavy (non-hydrogen) atoms. The molecule has 11 heteroatoms. The Morgan fingerprint density at radius 2 is 1.95 bits per heavy atom. The standard InChI is InChI=1S/C8H15NO9S/c1-4(12)9-5(2-10)7(14)8(6(13)3-11)18-19(15,16)17/h2,5-8,11,13-14H,3H2,1H3,(H,9,12)(H,15,16,17)/t5-,6+,7+,8+/m0/s1. The number of nitrogens with one attached hydrogen (secondary N) is 1. The van der Waals surface area contributed by atoms with Crippen molar-refractivity contribution in [1.29, 1.82) is 0 Å². The van der Waals surface area contributed by atoms with Gasteiger partial charge in [0, 0.05) is 6.92 Å². The molecule has 0 aliphatic heterocycles. The van der Waals surface area contributed by atoms with Gasteiger partial charge in [-0.1, -0.05) is 0 Å². The van der Waals surface area contributed by atoms with Crippen LogP contribution in [0.2, 0.25) is 0 Å². The summed E-state index contributed by atoms with van der Waals surface area (Å²) in [6.45, 7) is 0.0211. The highest BCUT2D eigenvalue weighted by Gasteiger charge is 2.37. The Morgan fingerprint density at radius 1 is 1.42 bits per heavy atom. The molecule has 0 bridgehead atoms. The third-order valence-corrected chi connectivity index (χ3v) is 2.49. The molecule has 0 saturated heterocycles. The average molecular weight is 301 g/mol. The Balaban J connectivity index is 5.11. The number of carbonyl (C=O) groups is 2. The van der Waals surface area contributed by atoms with E-state index in [0.29, 0.717) is 0 Å². The largest absolute Gasteiger partial charge is 0.397 e. The maximum Gasteiger partial charge on any atom is 0.397 e. The van der Waals surface area contributed by atoms with Gasteiger partial charge in [0.1, 0.15) is 30.6 Å². The number of carbonyl (C=O) groups excluding carboxylic acids is 2. The van der Waals surface area contributed by atoms with Crippen LogP contribution in [0.1, 0.15) is 6.92 Å². The van der Waals surface area contributed by atoms with Crippen LogP contribution < -0.4 is 5.32 Å². The summed E-state index contributed by atoms with van der Waals surface area (Å²) >= 11 is 0. The molecular weight excluding hydrogens is 286 g/mol. The Labute approximate surface area is 109 Å². The molecule has 0 saturated carbocycles. The van der Waals surface area contributed by atoms with Crippen molar-refractivity contribution in [2.24, 2.45) is 0 Å². The number of amides is 1. The third-order valence-electron chi connectivity index (χ3n) is 2.02. The zero-order valence-electron chi connectivity index (χ0n) is 9.83. The molecule has 0 rings (SSSR count). The quantitative estimate of drug-likeness (QED) is 0.226. The van der Waals surface area contributed by atoms with Crippen LogP contribution in [0, 0.1) is 0 Å². The smallest absolute Gasteiger partial charge is 0.394 e. The van der Waals surface area contributed by atoms with Crippen molar-refractivity contribution >= 4 is 22.6 Å². The number of aldehydes is 1. The van der Waals surface area contributed by atoms with Gasteiger partial charge >= 0.3 is 10.4 Å². The molecule has 0 heterocycles. The van der Waals surface area contributed by atoms with Gasteiger partial charge in [-0.25, -0.2) is 4.18 Å². The lowest BCUT2D eigenvalue weighted by atomic mass is 10.0. The monoisotopic (exact) mass is 301 g/mol. The van der Waals surface area contributed by atoms with Crippen LogP contribution in [0.4, 0.5) is 0 Å². The number of aliphatic hydroxyl groups excluding tert-OH is 3. The Kier molecular flexibility index (Phi) is 7.04. The van der Waals surface area contributed by atoms with Crippen LogP contribution >= 0.6 is 0 Å². The molecule has 0 aromatic carbocycles. The SMILES string of the molecule is CC(=O)N[C@@H](C=O)[C@@H](O)[C@H](OS(=O)(=O)O)[C@H](O)CO. The van der Waals surface area contributed by atoms with E-state index in [4.69, 9.17) is 9.66 Å². The first-order valence-corrected chi connectivity index (χ1v) is 6.34. The summed E-state index contributed by atoms with van der Waals surface area (Å²) in [5, 5.41) is 29.6. The molecular formula is C8H15NO9S. The molecule has 0 aromatic heterocycles. The van der Waals surface area contributed by atoms with E-state index >= 15 is 0 Å². The molecule has 1 amide bonds. The molecule has 0 aliphatic rings. The molecule has 10 nitrogen and oxygen atoms in total. The van der Waals surface area contributed by atoms with Crippen LogP contribution in [0.3, 0.4) is 0 Å². The lowest BCUT2D eigenvalue weighted by molar-refractivity contribution is -0.128. The summed E-state index contributed by atoms with van der Waals surface area (Å²) in [7, 11) is -5.05. The van der Waals surface area contributed by atoms with Crippen molar-refractivity contribution in [2.75, 3.05) is 6.61 Å². The van der Waals surface area contributed by atoms with E-state index in [1.165, 1.54) is 0 Å². The first-order valence-electron chi connectivity index (χ1n) is 4.97. The summed E-state index contributed by atoms with van der Waals surface area (Å²) in [5.74, 6) is -0.708. The van der Waals surface area contributed by atoms with Gasteiger partial charge in [-0.2, -0.15) is 8.42 Å². The summed E-state index contributed by atoms with van der Waals surface area (Å²) in [6.07, 6.45) is -5.88. The average Bonchev–Trinajstić information content (AvgIpc) is 2.29. The second-order valence-corrected chi connectivity index (χ2v) is 4.64. The first-order chi connectivity index (χ1) is 8.62. The molecule has 4 atom stereocenters. The highest BCUT2D eigenvalue weighted by molar-refractivity contribution is 7.80. The molecule has 0 aliphatic carbocycles. The van der Waals surface area contributed by atoms with Gasteiger partial charge in [-0.05, 0) is 0 Å². The fraction of sp³-hybridized carbons (Fsp3) is 0.750. The third kappa shape index (κ3) is 6.56. The van der Waals surface area contributed by atoms with Crippen molar-refractivity contribution in [1.82, 2.24) is 5.32 Å². The second kappa shape index (κ2) is 7.47. The molecule has 0 radical (unpaired) electrons. The van der Waals surface area contributed by atoms with Crippen molar-refractivity contribution < 1.29 is 42.1 Å². The van der Waals surface area contributed by atoms with Crippen molar-refractivity contribution in [2.45, 2.75) is 31.3 Å². The van der Waals surface area contributed by atoms with Crippen LogP contribution in [0.25, 0.3) is 0 Å². The summed E-state index contributed by atoms with van der Waals surface area (Å²) in [4.78, 5) is 21.4. The van der Waals surface area contributed by atoms with E-state index in [0.717, 1.165) is 6.92 Å². The fourth-order valence-electron chi connectivity index (χ4n) is 1.23. The van der Waals surface area contributed by atoms with Crippen molar-refractivity contribution in [3.05, 3.63) is 0 Å². The normalized spacial score (nSPS) is 18.2. The molecule has 0 fully saturated rings. The Morgan fingerprint density at radius 3 is 2.26 bits per heavy atom. The molecule has 112 valence electrons.